The Bertz CT molecular complexity index is 927. The Morgan fingerprint density at radius 3 is 2.38 bits per heavy atom. The molecule has 1 aliphatic rings. The maximum absolute atomic E-state index is 12.4. The lowest BCUT2D eigenvalue weighted by Gasteiger charge is -2.05. The smallest absolute Gasteiger partial charge is 0.271 e. The van der Waals surface area contributed by atoms with E-state index in [0.717, 1.165) is 0 Å². The van der Waals surface area contributed by atoms with Crippen molar-refractivity contribution >= 4 is 23.2 Å². The van der Waals surface area contributed by atoms with Crippen molar-refractivity contribution in [1.82, 2.24) is 5.43 Å². The number of fused-ring (bicyclic) bond motifs is 1. The van der Waals surface area contributed by atoms with Crippen LogP contribution in [0.25, 0.3) is 5.76 Å². The van der Waals surface area contributed by atoms with E-state index in [1.54, 1.807) is 55.5 Å². The third-order valence-corrected chi connectivity index (χ3v) is 4.01. The Morgan fingerprint density at radius 2 is 1.77 bits per heavy atom. The van der Waals surface area contributed by atoms with Crippen LogP contribution in [0.1, 0.15) is 40.1 Å². The number of amides is 1. The molecule has 6 nitrogen and oxygen atoms in total. The second-order valence-corrected chi connectivity index (χ2v) is 5.69. The number of carbonyl (C=O) groups excluding carboxylic acids is 2. The molecule has 0 unspecified atom stereocenters. The molecule has 0 atom stereocenters. The molecular weight excluding hydrogens is 332 g/mol. The fourth-order valence-corrected chi connectivity index (χ4v) is 2.72. The highest BCUT2D eigenvalue weighted by Gasteiger charge is 2.31. The number of aliphatic hydroxyl groups is 1. The van der Waals surface area contributed by atoms with E-state index in [4.69, 9.17) is 4.74 Å². The minimum absolute atomic E-state index is 0.0955. The number of hydrogen-bond donors (Lipinski definition) is 2. The van der Waals surface area contributed by atoms with E-state index in [9.17, 15) is 14.7 Å². The Morgan fingerprint density at radius 1 is 1.12 bits per heavy atom. The van der Waals surface area contributed by atoms with Gasteiger partial charge in [-0.2, -0.15) is 5.10 Å². The Kier molecular flexibility index (Phi) is 4.84. The summed E-state index contributed by atoms with van der Waals surface area (Å²) < 4.78 is 5.33. The number of aliphatic hydroxyl groups excluding tert-OH is 1. The molecule has 0 heterocycles. The molecule has 132 valence electrons. The molecule has 0 aromatic heterocycles. The summed E-state index contributed by atoms with van der Waals surface area (Å²) in [6.45, 7) is 3.99. The molecule has 1 aliphatic carbocycles. The summed E-state index contributed by atoms with van der Waals surface area (Å²) >= 11 is 0. The number of ether oxygens (including phenoxy) is 1. The van der Waals surface area contributed by atoms with Crippen molar-refractivity contribution in [2.45, 2.75) is 13.8 Å². The summed E-state index contributed by atoms with van der Waals surface area (Å²) in [6.07, 6.45) is 0. The number of hydrazone groups is 1. The fraction of sp³-hybridized carbons (Fsp3) is 0.150. The lowest BCUT2D eigenvalue weighted by atomic mass is 10.1. The molecule has 3 rings (SSSR count). The van der Waals surface area contributed by atoms with Crippen LogP contribution in [0.15, 0.2) is 59.2 Å². The average molecular weight is 350 g/mol. The summed E-state index contributed by atoms with van der Waals surface area (Å²) in [6, 6.07) is 13.4. The quantitative estimate of drug-likeness (QED) is 0.639. The van der Waals surface area contributed by atoms with Gasteiger partial charge < -0.3 is 9.84 Å². The van der Waals surface area contributed by atoms with Crippen molar-refractivity contribution < 1.29 is 19.4 Å². The van der Waals surface area contributed by atoms with Crippen LogP contribution in [0.2, 0.25) is 0 Å². The lowest BCUT2D eigenvalue weighted by Crippen LogP contribution is -2.20. The van der Waals surface area contributed by atoms with Gasteiger partial charge in [0.1, 0.15) is 11.5 Å². The normalized spacial score (nSPS) is 13.6. The van der Waals surface area contributed by atoms with Gasteiger partial charge in [0.05, 0.1) is 17.9 Å². The molecule has 0 radical (unpaired) electrons. The van der Waals surface area contributed by atoms with E-state index in [2.05, 4.69) is 10.5 Å². The lowest BCUT2D eigenvalue weighted by molar-refractivity contribution is 0.0953. The molecule has 6 heteroatoms. The third-order valence-electron chi connectivity index (χ3n) is 4.01. The van der Waals surface area contributed by atoms with Gasteiger partial charge in [-0.05, 0) is 38.1 Å². The second-order valence-electron chi connectivity index (χ2n) is 5.69. The third kappa shape index (κ3) is 3.21. The predicted octanol–water partition coefficient (Wildman–Crippen LogP) is 3.36. The summed E-state index contributed by atoms with van der Waals surface area (Å²) in [4.78, 5) is 24.6. The number of nitrogens with zero attached hydrogens (tertiary/aromatic N) is 1. The first-order valence-electron chi connectivity index (χ1n) is 8.18. The standard InChI is InChI=1S/C20H18N2O4/c1-3-26-14-10-8-13(9-11-14)20(25)22-21-12(2)17-18(23)15-6-4-5-7-16(15)19(17)24/h4-11,23H,3H2,1-2H3,(H,22,25)/b21-12+. The van der Waals surface area contributed by atoms with Gasteiger partial charge in [-0.1, -0.05) is 24.3 Å². The zero-order chi connectivity index (χ0) is 18.7. The van der Waals surface area contributed by atoms with Crippen LogP contribution < -0.4 is 10.2 Å². The highest BCUT2D eigenvalue weighted by atomic mass is 16.5. The molecule has 26 heavy (non-hydrogen) atoms. The molecule has 0 saturated carbocycles. The van der Waals surface area contributed by atoms with Gasteiger partial charge in [0.2, 0.25) is 0 Å². The average Bonchev–Trinajstić information content (AvgIpc) is 2.91. The van der Waals surface area contributed by atoms with Crippen LogP contribution in [0.3, 0.4) is 0 Å². The zero-order valence-electron chi connectivity index (χ0n) is 14.4. The Hall–Kier alpha value is -3.41. The number of Topliss-reactive ketones (excluding diaryl/α,β-unsaturated/α-hetero) is 1. The van der Waals surface area contributed by atoms with Crippen molar-refractivity contribution in [1.29, 1.82) is 0 Å². The number of rotatable bonds is 5. The zero-order valence-corrected chi connectivity index (χ0v) is 14.4. The van der Waals surface area contributed by atoms with Gasteiger partial charge in [0.15, 0.2) is 5.78 Å². The maximum Gasteiger partial charge on any atom is 0.271 e. The minimum Gasteiger partial charge on any atom is -0.506 e. The first-order valence-corrected chi connectivity index (χ1v) is 8.18. The van der Waals surface area contributed by atoms with E-state index in [-0.39, 0.29) is 22.8 Å². The van der Waals surface area contributed by atoms with Crippen LogP contribution in [-0.2, 0) is 0 Å². The Labute approximate surface area is 150 Å². The van der Waals surface area contributed by atoms with Crippen molar-refractivity contribution in [3.05, 3.63) is 70.8 Å². The summed E-state index contributed by atoms with van der Waals surface area (Å²) in [5.41, 5.74) is 4.04. The van der Waals surface area contributed by atoms with Gasteiger partial charge in [-0.25, -0.2) is 5.43 Å². The Balaban J connectivity index is 1.76. The van der Waals surface area contributed by atoms with Crippen LogP contribution in [-0.4, -0.2) is 29.1 Å². The SMILES string of the molecule is CCOc1ccc(C(=O)N/N=C(\C)C2=C(O)c3ccccc3C2=O)cc1. The van der Waals surface area contributed by atoms with E-state index in [1.807, 2.05) is 6.92 Å². The second kappa shape index (κ2) is 7.23. The predicted molar refractivity (Wildman–Crippen MR) is 98.5 cm³/mol. The summed E-state index contributed by atoms with van der Waals surface area (Å²) in [5.74, 6) is -0.180. The van der Waals surface area contributed by atoms with Gasteiger partial charge >= 0.3 is 0 Å². The van der Waals surface area contributed by atoms with Crippen LogP contribution >= 0.6 is 0 Å². The van der Waals surface area contributed by atoms with Gasteiger partial charge in [0, 0.05) is 16.7 Å². The van der Waals surface area contributed by atoms with Crippen LogP contribution in [0.5, 0.6) is 5.75 Å². The molecule has 0 aliphatic heterocycles. The van der Waals surface area contributed by atoms with Crippen molar-refractivity contribution in [3.8, 4) is 5.75 Å². The minimum atomic E-state index is -0.421. The van der Waals surface area contributed by atoms with E-state index in [1.165, 1.54) is 0 Å². The number of allylic oxidation sites excluding steroid dienone is 1. The highest BCUT2D eigenvalue weighted by molar-refractivity contribution is 6.35. The number of carbonyl (C=O) groups is 2. The molecule has 0 spiro atoms. The highest BCUT2D eigenvalue weighted by Crippen LogP contribution is 2.31. The number of hydrogen-bond acceptors (Lipinski definition) is 5. The fourth-order valence-electron chi connectivity index (χ4n) is 2.72. The molecule has 2 aromatic carbocycles. The van der Waals surface area contributed by atoms with Crippen LogP contribution in [0.4, 0.5) is 0 Å². The van der Waals surface area contributed by atoms with Crippen LogP contribution in [0, 0.1) is 0 Å². The number of benzene rings is 2. The van der Waals surface area contributed by atoms with Crippen molar-refractivity contribution in [2.24, 2.45) is 5.10 Å². The molecule has 2 N–H and O–H groups in total. The number of nitrogens with one attached hydrogen (secondary N) is 1. The van der Waals surface area contributed by atoms with Crippen molar-refractivity contribution in [2.75, 3.05) is 6.61 Å². The number of ketones is 1. The summed E-state index contributed by atoms with van der Waals surface area (Å²) in [7, 11) is 0. The van der Waals surface area contributed by atoms with E-state index < -0.39 is 5.91 Å². The monoisotopic (exact) mass is 350 g/mol. The van der Waals surface area contributed by atoms with E-state index in [0.29, 0.717) is 29.0 Å². The molecule has 0 bridgehead atoms. The maximum atomic E-state index is 12.4. The van der Waals surface area contributed by atoms with Gasteiger partial charge in [-0.3, -0.25) is 9.59 Å². The van der Waals surface area contributed by atoms with E-state index >= 15 is 0 Å². The topological polar surface area (TPSA) is 88.0 Å². The molecule has 0 saturated heterocycles. The largest absolute Gasteiger partial charge is 0.506 e. The molecular formula is C20H18N2O4. The molecule has 0 fully saturated rings. The molecule has 2 aromatic rings. The molecule has 1 amide bonds. The summed E-state index contributed by atoms with van der Waals surface area (Å²) in [5, 5.41) is 14.3. The van der Waals surface area contributed by atoms with Gasteiger partial charge in [0.25, 0.3) is 5.91 Å². The van der Waals surface area contributed by atoms with Crippen molar-refractivity contribution in [3.63, 3.8) is 0 Å². The first-order chi connectivity index (χ1) is 12.5. The first kappa shape index (κ1) is 17.4. The van der Waals surface area contributed by atoms with Gasteiger partial charge in [-0.15, -0.1) is 0 Å².